The number of likely N-dealkylation sites (tertiary alicyclic amines) is 1. The average Bonchev–Trinajstić information content (AvgIpc) is 2.26. The van der Waals surface area contributed by atoms with Gasteiger partial charge in [0.15, 0.2) is 0 Å². The maximum absolute atomic E-state index is 11.6. The van der Waals surface area contributed by atoms with Crippen molar-refractivity contribution in [3.05, 3.63) is 35.9 Å². The van der Waals surface area contributed by atoms with E-state index in [4.69, 9.17) is 5.21 Å². The van der Waals surface area contributed by atoms with E-state index in [-0.39, 0.29) is 5.91 Å². The first-order chi connectivity index (χ1) is 7.79. The van der Waals surface area contributed by atoms with Gasteiger partial charge in [0.2, 0.25) is 5.91 Å². The van der Waals surface area contributed by atoms with Gasteiger partial charge in [0, 0.05) is 6.42 Å². The lowest BCUT2D eigenvalue weighted by Crippen LogP contribution is -2.50. The fraction of sp³-hybridized carbons (Fsp3) is 0.333. The Labute approximate surface area is 94.2 Å². The number of carbonyl (C=O) groups is 1. The summed E-state index contributed by atoms with van der Waals surface area (Å²) in [4.78, 5) is 13.3. The van der Waals surface area contributed by atoms with E-state index >= 15 is 0 Å². The van der Waals surface area contributed by atoms with Crippen molar-refractivity contribution in [2.24, 2.45) is 5.16 Å². The summed E-state index contributed by atoms with van der Waals surface area (Å²) < 4.78 is 0. The first kappa shape index (κ1) is 10.7. The number of oxime groups is 1. The minimum atomic E-state index is 0.122. The van der Waals surface area contributed by atoms with Gasteiger partial charge in [-0.05, 0) is 12.0 Å². The number of carbonyl (C=O) groups excluding carboxylic acids is 1. The summed E-state index contributed by atoms with van der Waals surface area (Å²) >= 11 is 0. The van der Waals surface area contributed by atoms with Crippen molar-refractivity contribution in [2.45, 2.75) is 12.8 Å². The topological polar surface area (TPSA) is 52.9 Å². The molecule has 1 aliphatic heterocycles. The number of nitrogens with zero attached hydrogens (tertiary/aromatic N) is 2. The van der Waals surface area contributed by atoms with Gasteiger partial charge in [0.25, 0.3) is 0 Å². The van der Waals surface area contributed by atoms with Gasteiger partial charge in [0.1, 0.15) is 0 Å². The summed E-state index contributed by atoms with van der Waals surface area (Å²) in [6, 6.07) is 9.94. The zero-order valence-corrected chi connectivity index (χ0v) is 8.97. The van der Waals surface area contributed by atoms with Crippen LogP contribution in [-0.4, -0.2) is 34.8 Å². The van der Waals surface area contributed by atoms with Gasteiger partial charge in [-0.3, -0.25) is 4.79 Å². The van der Waals surface area contributed by atoms with Crippen molar-refractivity contribution in [3.8, 4) is 0 Å². The summed E-state index contributed by atoms with van der Waals surface area (Å²) in [5, 5.41) is 11.5. The summed E-state index contributed by atoms with van der Waals surface area (Å²) in [5.41, 5.74) is 1.85. The molecule has 2 rings (SSSR count). The molecule has 4 nitrogen and oxygen atoms in total. The smallest absolute Gasteiger partial charge is 0.223 e. The van der Waals surface area contributed by atoms with E-state index < -0.39 is 0 Å². The Hall–Kier alpha value is -1.84. The molecule has 0 aliphatic carbocycles. The highest BCUT2D eigenvalue weighted by atomic mass is 16.4. The highest BCUT2D eigenvalue weighted by Gasteiger charge is 2.26. The second kappa shape index (κ2) is 4.79. The number of rotatable bonds is 3. The van der Waals surface area contributed by atoms with Crippen LogP contribution in [0.1, 0.15) is 12.0 Å². The van der Waals surface area contributed by atoms with Gasteiger partial charge in [-0.2, -0.15) is 0 Å². The van der Waals surface area contributed by atoms with E-state index in [1.807, 2.05) is 30.3 Å². The molecule has 1 fully saturated rings. The van der Waals surface area contributed by atoms with Crippen molar-refractivity contribution >= 4 is 11.6 Å². The molecule has 0 radical (unpaired) electrons. The lowest BCUT2D eigenvalue weighted by atomic mass is 10.1. The van der Waals surface area contributed by atoms with E-state index in [0.717, 1.165) is 6.42 Å². The zero-order valence-electron chi connectivity index (χ0n) is 8.97. The number of amides is 1. The van der Waals surface area contributed by atoms with Crippen LogP contribution in [-0.2, 0) is 11.2 Å². The van der Waals surface area contributed by atoms with Crippen LogP contribution < -0.4 is 0 Å². The molecule has 1 aromatic rings. The molecule has 16 heavy (non-hydrogen) atoms. The summed E-state index contributed by atoms with van der Waals surface area (Å²) in [6.45, 7) is 0.953. The van der Waals surface area contributed by atoms with Crippen molar-refractivity contribution in [3.63, 3.8) is 0 Å². The van der Waals surface area contributed by atoms with Gasteiger partial charge in [-0.25, -0.2) is 0 Å². The Morgan fingerprint density at radius 2 is 2.00 bits per heavy atom. The largest absolute Gasteiger partial charge is 0.411 e. The minimum absolute atomic E-state index is 0.122. The molecule has 84 valence electrons. The monoisotopic (exact) mass is 218 g/mol. The lowest BCUT2D eigenvalue weighted by molar-refractivity contribution is -0.131. The van der Waals surface area contributed by atoms with E-state index in [1.165, 1.54) is 5.56 Å². The molecule has 1 aliphatic rings. The Morgan fingerprint density at radius 3 is 2.62 bits per heavy atom. The van der Waals surface area contributed by atoms with Crippen LogP contribution in [0.4, 0.5) is 0 Å². The minimum Gasteiger partial charge on any atom is -0.411 e. The second-order valence-electron chi connectivity index (χ2n) is 3.90. The number of aryl methyl sites for hydroxylation is 1. The fourth-order valence-corrected chi connectivity index (χ4v) is 1.69. The molecule has 1 heterocycles. The summed E-state index contributed by atoms with van der Waals surface area (Å²) in [6.07, 6.45) is 1.28. The number of hydrogen-bond acceptors (Lipinski definition) is 3. The third-order valence-electron chi connectivity index (χ3n) is 2.71. The van der Waals surface area contributed by atoms with Crippen molar-refractivity contribution in [2.75, 3.05) is 13.1 Å². The molecule has 1 aromatic carbocycles. The van der Waals surface area contributed by atoms with Gasteiger partial charge >= 0.3 is 0 Å². The van der Waals surface area contributed by atoms with Crippen LogP contribution >= 0.6 is 0 Å². The normalized spacial score (nSPS) is 14.5. The zero-order chi connectivity index (χ0) is 11.4. The molecule has 0 aromatic heterocycles. The Bertz CT molecular complexity index is 393. The van der Waals surface area contributed by atoms with E-state index in [1.54, 1.807) is 4.90 Å². The Kier molecular flexibility index (Phi) is 3.19. The summed E-state index contributed by atoms with van der Waals surface area (Å²) in [5.74, 6) is 0.122. The van der Waals surface area contributed by atoms with Gasteiger partial charge in [-0.15, -0.1) is 0 Å². The average molecular weight is 218 g/mol. The van der Waals surface area contributed by atoms with Crippen LogP contribution in [0.2, 0.25) is 0 Å². The third kappa shape index (κ3) is 2.39. The molecule has 0 spiro atoms. The third-order valence-corrected chi connectivity index (χ3v) is 2.71. The lowest BCUT2D eigenvalue weighted by Gasteiger charge is -2.31. The molecule has 0 saturated carbocycles. The van der Waals surface area contributed by atoms with Crippen LogP contribution in [0, 0.1) is 0 Å². The number of benzene rings is 1. The predicted octanol–water partition coefficient (Wildman–Crippen LogP) is 1.29. The fourth-order valence-electron chi connectivity index (χ4n) is 1.69. The van der Waals surface area contributed by atoms with Crippen molar-refractivity contribution in [1.82, 2.24) is 4.90 Å². The van der Waals surface area contributed by atoms with Crippen molar-refractivity contribution in [1.29, 1.82) is 0 Å². The van der Waals surface area contributed by atoms with Gasteiger partial charge in [-0.1, -0.05) is 35.5 Å². The van der Waals surface area contributed by atoms with E-state index in [9.17, 15) is 4.79 Å². The van der Waals surface area contributed by atoms with Crippen molar-refractivity contribution < 1.29 is 10.0 Å². The quantitative estimate of drug-likeness (QED) is 0.614. The Balaban J connectivity index is 1.77. The van der Waals surface area contributed by atoms with Gasteiger partial charge in [0.05, 0.1) is 18.8 Å². The maximum atomic E-state index is 11.6. The molecule has 1 amide bonds. The molecule has 0 atom stereocenters. The highest BCUT2D eigenvalue weighted by Crippen LogP contribution is 2.09. The predicted molar refractivity (Wildman–Crippen MR) is 60.6 cm³/mol. The molecule has 1 saturated heterocycles. The van der Waals surface area contributed by atoms with Crippen LogP contribution in [0.15, 0.2) is 35.5 Å². The summed E-state index contributed by atoms with van der Waals surface area (Å²) in [7, 11) is 0. The van der Waals surface area contributed by atoms with Crippen LogP contribution in [0.3, 0.4) is 0 Å². The SMILES string of the molecule is O=C(CCc1ccccc1)N1CC(=NO)C1. The first-order valence-corrected chi connectivity index (χ1v) is 5.31. The van der Waals surface area contributed by atoms with Crippen LogP contribution in [0.5, 0.6) is 0 Å². The Morgan fingerprint density at radius 1 is 1.31 bits per heavy atom. The van der Waals surface area contributed by atoms with E-state index in [2.05, 4.69) is 5.16 Å². The molecular formula is C12H14N2O2. The number of hydrogen-bond donors (Lipinski definition) is 1. The highest BCUT2D eigenvalue weighted by molar-refractivity contribution is 5.99. The standard InChI is InChI=1S/C12H14N2O2/c15-12(14-8-11(9-14)13-16)7-6-10-4-2-1-3-5-10/h1-5,16H,6-9H2. The second-order valence-corrected chi connectivity index (χ2v) is 3.90. The van der Waals surface area contributed by atoms with E-state index in [0.29, 0.717) is 25.2 Å². The first-order valence-electron chi connectivity index (χ1n) is 5.31. The molecular weight excluding hydrogens is 204 g/mol. The molecule has 1 N–H and O–H groups in total. The van der Waals surface area contributed by atoms with Crippen LogP contribution in [0.25, 0.3) is 0 Å². The molecule has 0 unspecified atom stereocenters. The molecule has 0 bridgehead atoms. The maximum Gasteiger partial charge on any atom is 0.223 e. The molecule has 4 heteroatoms. The van der Waals surface area contributed by atoms with Gasteiger partial charge < -0.3 is 10.1 Å².